The van der Waals surface area contributed by atoms with Gasteiger partial charge in [-0.25, -0.2) is 0 Å². The highest BCUT2D eigenvalue weighted by Gasteiger charge is 2.26. The molecule has 3 rings (SSSR count). The van der Waals surface area contributed by atoms with Crippen LogP contribution in [0.3, 0.4) is 0 Å². The quantitative estimate of drug-likeness (QED) is 0.347. The summed E-state index contributed by atoms with van der Waals surface area (Å²) < 4.78 is 0. The number of fused-ring (bicyclic) bond motifs is 1. The number of nitro groups is 1. The molecule has 1 aliphatic heterocycles. The van der Waals surface area contributed by atoms with Crippen LogP contribution in [0.5, 0.6) is 0 Å². The van der Waals surface area contributed by atoms with Crippen LogP contribution in [0.1, 0.15) is 18.1 Å². The highest BCUT2D eigenvalue weighted by Crippen LogP contribution is 2.35. The number of benzene rings is 2. The molecule has 0 bridgehead atoms. The maximum atomic E-state index is 12.2. The van der Waals surface area contributed by atoms with E-state index >= 15 is 0 Å². The Labute approximate surface area is 138 Å². The van der Waals surface area contributed by atoms with Crippen LogP contribution in [0.15, 0.2) is 42.1 Å². The molecule has 4 N–H and O–H groups in total. The minimum absolute atomic E-state index is 0.0262. The molecule has 0 aromatic heterocycles. The number of anilines is 3. The van der Waals surface area contributed by atoms with Crippen molar-refractivity contribution in [1.29, 1.82) is 0 Å². The first-order valence-corrected chi connectivity index (χ1v) is 7.31. The summed E-state index contributed by atoms with van der Waals surface area (Å²) in [7, 11) is 0. The molecule has 2 aromatic rings. The van der Waals surface area contributed by atoms with Crippen LogP contribution in [-0.4, -0.2) is 10.8 Å². The van der Waals surface area contributed by atoms with Gasteiger partial charge in [0, 0.05) is 40.0 Å². The van der Waals surface area contributed by atoms with Gasteiger partial charge in [-0.3, -0.25) is 14.9 Å². The zero-order valence-corrected chi connectivity index (χ0v) is 13.2. The van der Waals surface area contributed by atoms with Crippen molar-refractivity contribution in [3.05, 3.63) is 63.3 Å². The van der Waals surface area contributed by atoms with Crippen molar-refractivity contribution in [2.45, 2.75) is 13.8 Å². The summed E-state index contributed by atoms with van der Waals surface area (Å²) in [6.45, 7) is 3.43. The van der Waals surface area contributed by atoms with E-state index in [1.54, 1.807) is 44.2 Å². The molecule has 7 nitrogen and oxygen atoms in total. The van der Waals surface area contributed by atoms with Crippen molar-refractivity contribution in [3.8, 4) is 0 Å². The molecular formula is C17H16N4O3. The second-order valence-electron chi connectivity index (χ2n) is 5.64. The number of hydrogen-bond acceptors (Lipinski definition) is 5. The molecule has 122 valence electrons. The number of rotatable bonds is 3. The third kappa shape index (κ3) is 2.67. The van der Waals surface area contributed by atoms with Gasteiger partial charge in [0.2, 0.25) is 0 Å². The van der Waals surface area contributed by atoms with Crippen molar-refractivity contribution in [3.63, 3.8) is 0 Å². The summed E-state index contributed by atoms with van der Waals surface area (Å²) >= 11 is 0. The topological polar surface area (TPSA) is 110 Å². The predicted molar refractivity (Wildman–Crippen MR) is 93.5 cm³/mol. The molecule has 0 spiro atoms. The number of nitrogens with zero attached hydrogens (tertiary/aromatic N) is 1. The number of nitrogens with one attached hydrogen (secondary N) is 2. The lowest BCUT2D eigenvalue weighted by molar-refractivity contribution is -0.385. The SMILES string of the molecule is CC(Nc1ccc(C)c([N+](=O)[O-])c1)=C1C(=O)Nc2ccc(N)cc21. The van der Waals surface area contributed by atoms with Gasteiger partial charge in [-0.2, -0.15) is 0 Å². The van der Waals surface area contributed by atoms with Gasteiger partial charge in [0.1, 0.15) is 0 Å². The number of aryl methyl sites for hydroxylation is 1. The Balaban J connectivity index is 2.01. The van der Waals surface area contributed by atoms with Crippen molar-refractivity contribution >= 4 is 34.2 Å². The Morgan fingerprint density at radius 3 is 2.71 bits per heavy atom. The average molecular weight is 324 g/mol. The summed E-state index contributed by atoms with van der Waals surface area (Å²) in [5.74, 6) is -0.234. The van der Waals surface area contributed by atoms with Crippen LogP contribution >= 0.6 is 0 Å². The van der Waals surface area contributed by atoms with Gasteiger partial charge in [0.05, 0.1) is 10.5 Å². The Morgan fingerprint density at radius 1 is 1.25 bits per heavy atom. The Morgan fingerprint density at radius 2 is 2.00 bits per heavy atom. The normalized spacial score (nSPS) is 14.8. The first kappa shape index (κ1) is 15.5. The van der Waals surface area contributed by atoms with E-state index in [-0.39, 0.29) is 11.6 Å². The zero-order chi connectivity index (χ0) is 17.4. The Hall–Kier alpha value is -3.35. The molecule has 0 atom stereocenters. The maximum absolute atomic E-state index is 12.2. The number of nitrogens with two attached hydrogens (primary N) is 1. The minimum Gasteiger partial charge on any atom is -0.399 e. The van der Waals surface area contributed by atoms with E-state index in [9.17, 15) is 14.9 Å². The van der Waals surface area contributed by atoms with Gasteiger partial charge in [0.15, 0.2) is 0 Å². The number of nitro benzene ring substituents is 1. The smallest absolute Gasteiger partial charge is 0.274 e. The predicted octanol–water partition coefficient (Wildman–Crippen LogP) is 3.28. The Bertz CT molecular complexity index is 903. The molecule has 0 radical (unpaired) electrons. The maximum Gasteiger partial charge on any atom is 0.274 e. The second-order valence-corrected chi connectivity index (χ2v) is 5.64. The number of carbonyl (C=O) groups is 1. The minimum atomic E-state index is -0.429. The number of hydrogen-bond donors (Lipinski definition) is 3. The second kappa shape index (κ2) is 5.69. The first-order valence-electron chi connectivity index (χ1n) is 7.31. The molecule has 0 saturated carbocycles. The first-order chi connectivity index (χ1) is 11.4. The van der Waals surface area contributed by atoms with Gasteiger partial charge >= 0.3 is 0 Å². The van der Waals surface area contributed by atoms with Crippen LogP contribution in [0.4, 0.5) is 22.7 Å². The van der Waals surface area contributed by atoms with E-state index in [0.717, 1.165) is 0 Å². The molecule has 1 amide bonds. The van der Waals surface area contributed by atoms with Crippen LogP contribution in [0.2, 0.25) is 0 Å². The van der Waals surface area contributed by atoms with E-state index in [1.165, 1.54) is 6.07 Å². The van der Waals surface area contributed by atoms with E-state index in [2.05, 4.69) is 10.6 Å². The van der Waals surface area contributed by atoms with Crippen molar-refractivity contribution in [2.24, 2.45) is 0 Å². The molecule has 24 heavy (non-hydrogen) atoms. The third-order valence-corrected chi connectivity index (χ3v) is 3.90. The lowest BCUT2D eigenvalue weighted by Gasteiger charge is -2.10. The number of carbonyl (C=O) groups excluding carboxylic acids is 1. The van der Waals surface area contributed by atoms with E-state index in [0.29, 0.717) is 39.5 Å². The van der Waals surface area contributed by atoms with E-state index < -0.39 is 4.92 Å². The van der Waals surface area contributed by atoms with Crippen LogP contribution in [-0.2, 0) is 4.79 Å². The number of amides is 1. The highest BCUT2D eigenvalue weighted by molar-refractivity contribution is 6.32. The van der Waals surface area contributed by atoms with Crippen LogP contribution < -0.4 is 16.4 Å². The molecule has 0 saturated heterocycles. The molecule has 0 aliphatic carbocycles. The molecule has 0 fully saturated rings. The van der Waals surface area contributed by atoms with Gasteiger partial charge in [-0.15, -0.1) is 0 Å². The number of allylic oxidation sites excluding steroid dienone is 1. The molecular weight excluding hydrogens is 308 g/mol. The van der Waals surface area contributed by atoms with Gasteiger partial charge in [0.25, 0.3) is 11.6 Å². The largest absolute Gasteiger partial charge is 0.399 e. The number of nitrogen functional groups attached to an aromatic ring is 1. The standard InChI is InChI=1S/C17H16N4O3/c1-9-3-5-12(8-15(9)21(23)24)19-10(2)16-13-7-11(18)4-6-14(13)20-17(16)22/h3-8,19H,18H2,1-2H3,(H,20,22). The summed E-state index contributed by atoms with van der Waals surface area (Å²) in [5, 5.41) is 16.9. The van der Waals surface area contributed by atoms with Gasteiger partial charge < -0.3 is 16.4 Å². The van der Waals surface area contributed by atoms with Crippen molar-refractivity contribution < 1.29 is 9.72 Å². The summed E-state index contributed by atoms with van der Waals surface area (Å²) in [4.78, 5) is 22.9. The summed E-state index contributed by atoms with van der Waals surface area (Å²) in [6, 6.07) is 10.0. The average Bonchev–Trinajstić information content (AvgIpc) is 2.84. The van der Waals surface area contributed by atoms with Gasteiger partial charge in [-0.05, 0) is 38.1 Å². The summed E-state index contributed by atoms with van der Waals surface area (Å²) in [5.41, 5.74) is 9.98. The van der Waals surface area contributed by atoms with Crippen LogP contribution in [0, 0.1) is 17.0 Å². The Kier molecular flexibility index (Phi) is 3.69. The lowest BCUT2D eigenvalue weighted by atomic mass is 10.0. The highest BCUT2D eigenvalue weighted by atomic mass is 16.6. The summed E-state index contributed by atoms with van der Waals surface area (Å²) in [6.07, 6.45) is 0. The van der Waals surface area contributed by atoms with Crippen molar-refractivity contribution in [1.82, 2.24) is 0 Å². The van der Waals surface area contributed by atoms with Gasteiger partial charge in [-0.1, -0.05) is 6.07 Å². The fourth-order valence-corrected chi connectivity index (χ4v) is 2.72. The molecule has 2 aromatic carbocycles. The van der Waals surface area contributed by atoms with Crippen LogP contribution in [0.25, 0.3) is 5.57 Å². The fourth-order valence-electron chi connectivity index (χ4n) is 2.72. The molecule has 1 heterocycles. The third-order valence-electron chi connectivity index (χ3n) is 3.90. The molecule has 0 unspecified atom stereocenters. The zero-order valence-electron chi connectivity index (χ0n) is 13.2. The molecule has 1 aliphatic rings. The fraction of sp³-hybridized carbons (Fsp3) is 0.118. The molecule has 7 heteroatoms. The van der Waals surface area contributed by atoms with Crippen molar-refractivity contribution in [2.75, 3.05) is 16.4 Å². The van der Waals surface area contributed by atoms with E-state index in [4.69, 9.17) is 5.73 Å². The lowest BCUT2D eigenvalue weighted by Crippen LogP contribution is -2.09. The monoisotopic (exact) mass is 324 g/mol. The van der Waals surface area contributed by atoms with E-state index in [1.807, 2.05) is 0 Å².